The molecule has 8 heteroatoms. The topological polar surface area (TPSA) is 66.8 Å². The van der Waals surface area contributed by atoms with Crippen molar-refractivity contribution in [2.24, 2.45) is 5.92 Å². The maximum absolute atomic E-state index is 13.0. The molecule has 2 aliphatic rings. The van der Waals surface area contributed by atoms with Crippen molar-refractivity contribution < 1.29 is 32.6 Å². The molecule has 0 saturated carbocycles. The van der Waals surface area contributed by atoms with Crippen LogP contribution in [0.3, 0.4) is 0 Å². The van der Waals surface area contributed by atoms with Crippen LogP contribution in [0.1, 0.15) is 29.9 Å². The van der Waals surface area contributed by atoms with E-state index in [9.17, 15) is 27.9 Å². The number of aliphatic carboxylic acids is 1. The Hall–Kier alpha value is -3.03. The van der Waals surface area contributed by atoms with Crippen molar-refractivity contribution in [1.82, 2.24) is 4.90 Å². The number of carboxylic acids is 1. The minimum absolute atomic E-state index is 0.0155. The molecule has 2 atom stereocenters. The van der Waals surface area contributed by atoms with E-state index in [-0.39, 0.29) is 25.5 Å². The third-order valence-corrected chi connectivity index (χ3v) is 5.92. The molecule has 1 heterocycles. The van der Waals surface area contributed by atoms with Gasteiger partial charge in [-0.25, -0.2) is 9.59 Å². The minimum Gasteiger partial charge on any atom is -0.480 e. The summed E-state index contributed by atoms with van der Waals surface area (Å²) in [5, 5.41) is 9.36. The van der Waals surface area contributed by atoms with Crippen molar-refractivity contribution in [3.05, 3.63) is 59.7 Å². The fourth-order valence-corrected chi connectivity index (χ4v) is 4.39. The second-order valence-corrected chi connectivity index (χ2v) is 7.61. The highest BCUT2D eigenvalue weighted by Crippen LogP contribution is 2.44. The molecule has 2 aromatic carbocycles. The largest absolute Gasteiger partial charge is 0.480 e. The molecule has 0 spiro atoms. The van der Waals surface area contributed by atoms with Crippen molar-refractivity contribution in [1.29, 1.82) is 0 Å². The van der Waals surface area contributed by atoms with E-state index in [1.165, 1.54) is 0 Å². The highest BCUT2D eigenvalue weighted by molar-refractivity contribution is 5.81. The van der Waals surface area contributed by atoms with Crippen LogP contribution in [0.25, 0.3) is 11.1 Å². The first-order chi connectivity index (χ1) is 14.3. The van der Waals surface area contributed by atoms with Gasteiger partial charge in [-0.2, -0.15) is 13.2 Å². The lowest BCUT2D eigenvalue weighted by molar-refractivity contribution is -0.191. The Morgan fingerprint density at radius 2 is 1.60 bits per heavy atom. The van der Waals surface area contributed by atoms with Gasteiger partial charge in [-0.15, -0.1) is 0 Å². The van der Waals surface area contributed by atoms with Gasteiger partial charge < -0.3 is 9.84 Å². The van der Waals surface area contributed by atoms with Gasteiger partial charge in [0.1, 0.15) is 12.6 Å². The van der Waals surface area contributed by atoms with Gasteiger partial charge >= 0.3 is 18.2 Å². The van der Waals surface area contributed by atoms with Crippen molar-refractivity contribution in [3.8, 4) is 11.1 Å². The zero-order chi connectivity index (χ0) is 21.5. The monoisotopic (exact) mass is 419 g/mol. The predicted molar refractivity (Wildman–Crippen MR) is 102 cm³/mol. The van der Waals surface area contributed by atoms with Gasteiger partial charge in [0.05, 0.1) is 5.92 Å². The normalized spacial score (nSPS) is 21.1. The van der Waals surface area contributed by atoms with Crippen LogP contribution in [0.2, 0.25) is 0 Å². The number of halogens is 3. The number of alkyl halides is 3. The fourth-order valence-electron chi connectivity index (χ4n) is 4.39. The summed E-state index contributed by atoms with van der Waals surface area (Å²) in [5.41, 5.74) is 4.08. The molecular weight excluding hydrogens is 399 g/mol. The zero-order valence-corrected chi connectivity index (χ0v) is 15.9. The quantitative estimate of drug-likeness (QED) is 0.786. The Balaban J connectivity index is 1.49. The average Bonchev–Trinajstić information content (AvgIpc) is 3.04. The summed E-state index contributed by atoms with van der Waals surface area (Å²) in [6, 6.07) is 13.9. The van der Waals surface area contributed by atoms with Crippen LogP contribution in [0, 0.1) is 5.92 Å². The van der Waals surface area contributed by atoms with E-state index < -0.39 is 36.6 Å². The molecule has 1 N–H and O–H groups in total. The minimum atomic E-state index is -4.49. The van der Waals surface area contributed by atoms with E-state index >= 15 is 0 Å². The maximum Gasteiger partial charge on any atom is 0.410 e. The highest BCUT2D eigenvalue weighted by Gasteiger charge is 2.47. The number of likely N-dealkylation sites (tertiary alicyclic amines) is 1. The lowest BCUT2D eigenvalue weighted by Crippen LogP contribution is -2.52. The summed E-state index contributed by atoms with van der Waals surface area (Å²) in [6.07, 6.45) is -6.38. The van der Waals surface area contributed by atoms with Gasteiger partial charge in [0.2, 0.25) is 0 Å². The van der Waals surface area contributed by atoms with E-state index in [0.717, 1.165) is 27.2 Å². The summed E-state index contributed by atoms with van der Waals surface area (Å²) in [6.45, 7) is -0.323. The number of rotatable bonds is 3. The number of carbonyl (C=O) groups is 2. The van der Waals surface area contributed by atoms with Gasteiger partial charge in [-0.3, -0.25) is 4.90 Å². The molecule has 158 valence electrons. The van der Waals surface area contributed by atoms with Gasteiger partial charge in [-0.05, 0) is 35.1 Å². The molecule has 0 aromatic heterocycles. The Bertz CT molecular complexity index is 929. The first kappa shape index (κ1) is 20.3. The molecule has 1 saturated heterocycles. The Kier molecular flexibility index (Phi) is 5.17. The number of nitrogens with zero attached hydrogens (tertiary/aromatic N) is 1. The van der Waals surface area contributed by atoms with Crippen molar-refractivity contribution in [3.63, 3.8) is 0 Å². The second kappa shape index (κ2) is 7.66. The number of amides is 1. The summed E-state index contributed by atoms with van der Waals surface area (Å²) < 4.78 is 44.5. The van der Waals surface area contributed by atoms with Gasteiger partial charge in [0.25, 0.3) is 0 Å². The summed E-state index contributed by atoms with van der Waals surface area (Å²) in [7, 11) is 0. The molecule has 0 radical (unpaired) electrons. The number of fused-ring (bicyclic) bond motifs is 3. The van der Waals surface area contributed by atoms with Crippen LogP contribution < -0.4 is 0 Å². The first-order valence-electron chi connectivity index (χ1n) is 9.68. The molecule has 1 amide bonds. The SMILES string of the molecule is O=C(O)[C@H]1C[C@H](C(F)(F)F)CCN1C(=O)OCC1c2ccccc2-c2ccccc21. The Labute approximate surface area is 171 Å². The molecule has 2 aromatic rings. The molecule has 5 nitrogen and oxygen atoms in total. The van der Waals surface area contributed by atoms with Gasteiger partial charge in [0.15, 0.2) is 0 Å². The molecule has 30 heavy (non-hydrogen) atoms. The van der Waals surface area contributed by atoms with Crippen LogP contribution in [0.15, 0.2) is 48.5 Å². The number of piperidine rings is 1. The number of hydrogen-bond donors (Lipinski definition) is 1. The fraction of sp³-hybridized carbons (Fsp3) is 0.364. The van der Waals surface area contributed by atoms with E-state index in [1.54, 1.807) is 0 Å². The number of carbonyl (C=O) groups excluding carboxylic acids is 1. The lowest BCUT2D eigenvalue weighted by atomic mass is 9.90. The average molecular weight is 419 g/mol. The summed E-state index contributed by atoms with van der Waals surface area (Å²) in [5.74, 6) is -3.41. The summed E-state index contributed by atoms with van der Waals surface area (Å²) >= 11 is 0. The van der Waals surface area contributed by atoms with E-state index in [0.29, 0.717) is 0 Å². The van der Waals surface area contributed by atoms with Crippen LogP contribution in [-0.4, -0.2) is 47.4 Å². The number of ether oxygens (including phenoxy) is 1. The van der Waals surface area contributed by atoms with Crippen LogP contribution in [0.5, 0.6) is 0 Å². The first-order valence-corrected chi connectivity index (χ1v) is 9.68. The number of benzene rings is 2. The predicted octanol–water partition coefficient (Wildman–Crippen LogP) is 4.66. The maximum atomic E-state index is 13.0. The Morgan fingerprint density at radius 1 is 1.03 bits per heavy atom. The van der Waals surface area contributed by atoms with Crippen molar-refractivity contribution in [2.45, 2.75) is 31.0 Å². The lowest BCUT2D eigenvalue weighted by Gasteiger charge is -2.37. The number of hydrogen-bond acceptors (Lipinski definition) is 3. The van der Waals surface area contributed by atoms with Crippen molar-refractivity contribution >= 4 is 12.1 Å². The Morgan fingerprint density at radius 3 is 2.13 bits per heavy atom. The van der Waals surface area contributed by atoms with E-state index in [4.69, 9.17) is 4.74 Å². The third kappa shape index (κ3) is 3.62. The van der Waals surface area contributed by atoms with E-state index in [2.05, 4.69) is 0 Å². The number of carboxylic acid groups (broad SMARTS) is 1. The van der Waals surface area contributed by atoms with Crippen LogP contribution in [-0.2, 0) is 9.53 Å². The molecule has 0 unspecified atom stereocenters. The van der Waals surface area contributed by atoms with Gasteiger partial charge in [-0.1, -0.05) is 48.5 Å². The molecular formula is C22H20F3NO4. The second-order valence-electron chi connectivity index (χ2n) is 7.61. The molecule has 1 fully saturated rings. The van der Waals surface area contributed by atoms with Crippen molar-refractivity contribution in [2.75, 3.05) is 13.2 Å². The molecule has 1 aliphatic carbocycles. The summed E-state index contributed by atoms with van der Waals surface area (Å²) in [4.78, 5) is 25.0. The molecule has 0 bridgehead atoms. The smallest absolute Gasteiger partial charge is 0.410 e. The third-order valence-electron chi connectivity index (χ3n) is 5.92. The van der Waals surface area contributed by atoms with Crippen LogP contribution >= 0.6 is 0 Å². The van der Waals surface area contributed by atoms with Crippen LogP contribution in [0.4, 0.5) is 18.0 Å². The molecule has 4 rings (SSSR count). The highest BCUT2D eigenvalue weighted by atomic mass is 19.4. The van der Waals surface area contributed by atoms with E-state index in [1.807, 2.05) is 48.5 Å². The van der Waals surface area contributed by atoms with Gasteiger partial charge in [0, 0.05) is 12.5 Å². The molecule has 1 aliphatic heterocycles. The zero-order valence-electron chi connectivity index (χ0n) is 15.9. The standard InChI is InChI=1S/C22H20F3NO4/c23-22(24,25)13-9-10-26(19(11-13)20(27)28)21(29)30-12-18-16-7-3-1-5-14(16)15-6-2-4-8-17(15)18/h1-8,13,18-19H,9-12H2,(H,27,28)/t13-,19-/m1/s1.